The lowest BCUT2D eigenvalue weighted by molar-refractivity contribution is -0.771. The molecule has 0 amide bonds. The lowest BCUT2D eigenvalue weighted by atomic mass is 10.1. The maximum absolute atomic E-state index is 14.1. The number of quaternary nitrogens is 1. The van der Waals surface area contributed by atoms with E-state index in [-0.39, 0.29) is 25.0 Å². The third kappa shape index (κ3) is 5.50. The van der Waals surface area contributed by atoms with Crippen molar-refractivity contribution in [2.24, 2.45) is 5.92 Å². The van der Waals surface area contributed by atoms with Crippen molar-refractivity contribution in [2.45, 2.75) is 64.5 Å². The van der Waals surface area contributed by atoms with Crippen LogP contribution in [-0.4, -0.2) is 46.2 Å². The van der Waals surface area contributed by atoms with E-state index in [2.05, 4.69) is 4.98 Å². The molecule has 4 nitrogen and oxygen atoms in total. The van der Waals surface area contributed by atoms with Crippen LogP contribution in [0.15, 0.2) is 12.1 Å². The molecule has 1 atom stereocenters. The summed E-state index contributed by atoms with van der Waals surface area (Å²) in [6, 6.07) is 3.54. The maximum Gasteiger partial charge on any atom is 0.454 e. The Balaban J connectivity index is 1.77. The molecular formula is C23H26ClF8N4+. The Morgan fingerprint density at radius 1 is 1.08 bits per heavy atom. The van der Waals surface area contributed by atoms with Gasteiger partial charge in [-0.05, 0) is 44.2 Å². The summed E-state index contributed by atoms with van der Waals surface area (Å²) in [4.78, 5) is 5.16. The number of fused-ring (bicyclic) bond motifs is 1. The molecule has 1 aromatic carbocycles. The van der Waals surface area contributed by atoms with Crippen molar-refractivity contribution in [3.05, 3.63) is 39.7 Å². The van der Waals surface area contributed by atoms with E-state index in [9.17, 15) is 35.1 Å². The van der Waals surface area contributed by atoms with Crippen molar-refractivity contribution in [3.8, 4) is 0 Å². The van der Waals surface area contributed by atoms with Gasteiger partial charge in [-0.3, -0.25) is 9.47 Å². The molecule has 2 heterocycles. The van der Waals surface area contributed by atoms with Crippen molar-refractivity contribution >= 4 is 23.2 Å². The molecule has 2 aliphatic rings. The zero-order valence-corrected chi connectivity index (χ0v) is 20.4. The molecule has 4 rings (SSSR count). The van der Waals surface area contributed by atoms with Crippen LogP contribution in [0.25, 0.3) is 0 Å². The standard InChI is InChI=1S/C23H25ClF8N4/c1-13-8-14(2)18(16(24)9-13)36-7-3-6-35-17(19(22(27,28)29)33-20(35)36)11-34(10-15-4-5-15)12-21(25,26)23(30,31)32/h8-9,15H,3-7,10-12H2,1-2H3/p+1. The quantitative estimate of drug-likeness (QED) is 0.443. The van der Waals surface area contributed by atoms with E-state index < -0.39 is 42.8 Å². The van der Waals surface area contributed by atoms with Crippen molar-refractivity contribution in [3.63, 3.8) is 0 Å². The van der Waals surface area contributed by atoms with Crippen molar-refractivity contribution in [1.82, 2.24) is 14.5 Å². The molecule has 13 heteroatoms. The number of halogens is 9. The average molecular weight is 546 g/mol. The highest BCUT2D eigenvalue weighted by Gasteiger charge is 2.58. The molecule has 200 valence electrons. The Bertz CT molecular complexity index is 1100. The van der Waals surface area contributed by atoms with E-state index in [0.29, 0.717) is 41.4 Å². The fourth-order valence-corrected chi connectivity index (χ4v) is 5.27. The van der Waals surface area contributed by atoms with Crippen LogP contribution in [0.2, 0.25) is 5.02 Å². The zero-order chi connectivity index (χ0) is 26.6. The number of benzene rings is 1. The van der Waals surface area contributed by atoms with Crippen LogP contribution in [0.1, 0.15) is 41.8 Å². The highest BCUT2D eigenvalue weighted by Crippen LogP contribution is 2.40. The summed E-state index contributed by atoms with van der Waals surface area (Å²) in [5.74, 6) is -5.16. The average Bonchev–Trinajstić information content (AvgIpc) is 3.44. The third-order valence-corrected chi connectivity index (χ3v) is 6.87. The number of hydrogen-bond donors (Lipinski definition) is 1. The number of aryl methyl sites for hydroxylation is 2. The minimum Gasteiger partial charge on any atom is -0.291 e. The van der Waals surface area contributed by atoms with Crippen molar-refractivity contribution in [1.29, 1.82) is 0 Å². The predicted molar refractivity (Wildman–Crippen MR) is 117 cm³/mol. The first-order valence-electron chi connectivity index (χ1n) is 11.6. The number of nitrogens with one attached hydrogen (secondary N) is 1. The summed E-state index contributed by atoms with van der Waals surface area (Å²) in [5.41, 5.74) is 0.510. The monoisotopic (exact) mass is 545 g/mol. The van der Waals surface area contributed by atoms with Crippen LogP contribution in [0, 0.1) is 19.8 Å². The number of aromatic nitrogens is 2. The fraction of sp³-hybridized carbons (Fsp3) is 0.609. The summed E-state index contributed by atoms with van der Waals surface area (Å²) in [6.45, 7) is 1.55. The van der Waals surface area contributed by atoms with Gasteiger partial charge in [-0.15, -0.1) is 0 Å². The SMILES string of the molecule is Cc1cc(C)c([NH+]2CCCn3c2nc(C(F)(F)F)c3CN(CC2CC2)CC(F)(F)C(F)(F)F)c(Cl)c1. The number of rotatable bonds is 7. The molecule has 0 saturated heterocycles. The molecule has 1 aromatic heterocycles. The first kappa shape index (κ1) is 27.1. The second-order valence-corrected chi connectivity index (χ2v) is 10.1. The highest BCUT2D eigenvalue weighted by atomic mass is 35.5. The zero-order valence-electron chi connectivity index (χ0n) is 19.6. The number of nitrogens with zero attached hydrogens (tertiary/aromatic N) is 3. The van der Waals surface area contributed by atoms with Gasteiger partial charge >= 0.3 is 24.2 Å². The lowest BCUT2D eigenvalue weighted by Crippen LogP contribution is -3.04. The Labute approximate surface area is 207 Å². The number of alkyl halides is 8. The molecular weight excluding hydrogens is 520 g/mol. The first-order valence-corrected chi connectivity index (χ1v) is 11.9. The van der Waals surface area contributed by atoms with E-state index >= 15 is 0 Å². The minimum atomic E-state index is -5.81. The van der Waals surface area contributed by atoms with Crippen LogP contribution in [-0.2, 0) is 19.3 Å². The van der Waals surface area contributed by atoms with Gasteiger partial charge in [-0.1, -0.05) is 17.7 Å². The van der Waals surface area contributed by atoms with Gasteiger partial charge in [0.25, 0.3) is 0 Å². The highest BCUT2D eigenvalue weighted by molar-refractivity contribution is 6.32. The van der Waals surface area contributed by atoms with Crippen LogP contribution in [0.5, 0.6) is 0 Å². The Hall–Kier alpha value is -1.92. The van der Waals surface area contributed by atoms with E-state index in [4.69, 9.17) is 11.6 Å². The smallest absolute Gasteiger partial charge is 0.291 e. The number of imidazole rings is 1. The van der Waals surface area contributed by atoms with E-state index in [1.807, 2.05) is 13.0 Å². The second kappa shape index (κ2) is 9.43. The lowest BCUT2D eigenvalue weighted by Gasteiger charge is -2.30. The van der Waals surface area contributed by atoms with Gasteiger partial charge in [0.1, 0.15) is 5.02 Å². The van der Waals surface area contributed by atoms with Gasteiger partial charge < -0.3 is 0 Å². The molecule has 1 aliphatic heterocycles. The van der Waals surface area contributed by atoms with Crippen LogP contribution in [0.3, 0.4) is 0 Å². The van der Waals surface area contributed by atoms with Gasteiger partial charge in [0.05, 0.1) is 18.8 Å². The van der Waals surface area contributed by atoms with Gasteiger partial charge in [0.15, 0.2) is 11.4 Å². The van der Waals surface area contributed by atoms with Gasteiger partial charge in [0, 0.05) is 31.6 Å². The largest absolute Gasteiger partial charge is 0.454 e. The second-order valence-electron chi connectivity index (χ2n) is 9.72. The maximum atomic E-state index is 14.1. The Morgan fingerprint density at radius 2 is 1.75 bits per heavy atom. The molecule has 1 fully saturated rings. The summed E-state index contributed by atoms with van der Waals surface area (Å²) in [7, 11) is 0. The van der Waals surface area contributed by atoms with Gasteiger partial charge in [-0.25, -0.2) is 4.90 Å². The van der Waals surface area contributed by atoms with E-state index in [1.165, 1.54) is 4.57 Å². The summed E-state index contributed by atoms with van der Waals surface area (Å²) in [6.07, 6.45) is -9.02. The summed E-state index contributed by atoms with van der Waals surface area (Å²) in [5, 5.41) is 0.356. The molecule has 1 saturated carbocycles. The molecule has 36 heavy (non-hydrogen) atoms. The van der Waals surface area contributed by atoms with Crippen LogP contribution in [0.4, 0.5) is 46.8 Å². The van der Waals surface area contributed by atoms with E-state index in [0.717, 1.165) is 16.0 Å². The van der Waals surface area contributed by atoms with E-state index in [1.54, 1.807) is 13.0 Å². The minimum absolute atomic E-state index is 0.0198. The normalized spacial score (nSPS) is 19.2. The first-order chi connectivity index (χ1) is 16.6. The topological polar surface area (TPSA) is 25.5 Å². The Kier molecular flexibility index (Phi) is 7.11. The third-order valence-electron chi connectivity index (χ3n) is 6.58. The summed E-state index contributed by atoms with van der Waals surface area (Å²) < 4.78 is 110. The Morgan fingerprint density at radius 3 is 2.31 bits per heavy atom. The molecule has 1 unspecified atom stereocenters. The molecule has 1 N–H and O–H groups in total. The van der Waals surface area contributed by atoms with Crippen molar-refractivity contribution in [2.75, 3.05) is 19.6 Å². The predicted octanol–water partition coefficient (Wildman–Crippen LogP) is 5.83. The molecule has 0 radical (unpaired) electrons. The molecule has 2 aromatic rings. The van der Waals surface area contributed by atoms with Crippen LogP contribution < -0.4 is 4.90 Å². The van der Waals surface area contributed by atoms with Gasteiger partial charge in [0.2, 0.25) is 0 Å². The van der Waals surface area contributed by atoms with Crippen molar-refractivity contribution < 1.29 is 40.0 Å². The number of hydrogen-bond acceptors (Lipinski definition) is 2. The van der Waals surface area contributed by atoms with Gasteiger partial charge in [-0.2, -0.15) is 40.1 Å². The molecule has 1 aliphatic carbocycles. The fourth-order valence-electron chi connectivity index (χ4n) is 4.84. The summed E-state index contributed by atoms with van der Waals surface area (Å²) >= 11 is 6.46. The molecule has 0 bridgehead atoms. The van der Waals surface area contributed by atoms with Crippen LogP contribution >= 0.6 is 11.6 Å². The molecule has 0 spiro atoms.